The van der Waals surface area contributed by atoms with Crippen molar-refractivity contribution in [1.29, 1.82) is 0 Å². The molecule has 0 atom stereocenters. The highest BCUT2D eigenvalue weighted by Gasteiger charge is 2.02. The van der Waals surface area contributed by atoms with E-state index < -0.39 is 0 Å². The second-order valence-electron chi connectivity index (χ2n) is 4.46. The van der Waals surface area contributed by atoms with E-state index in [-0.39, 0.29) is 0 Å². The molecule has 2 rings (SSSR count). The van der Waals surface area contributed by atoms with Crippen LogP contribution in [0.5, 0.6) is 0 Å². The first-order valence-corrected chi connectivity index (χ1v) is 7.21. The van der Waals surface area contributed by atoms with Crippen LogP contribution in [0.3, 0.4) is 0 Å². The zero-order valence-corrected chi connectivity index (χ0v) is 12.8. The summed E-state index contributed by atoms with van der Waals surface area (Å²) in [7, 11) is 0. The maximum atomic E-state index is 4.30. The number of aryl methyl sites for hydroxylation is 1. The summed E-state index contributed by atoms with van der Waals surface area (Å²) in [6, 6.07) is 10.2. The van der Waals surface area contributed by atoms with Gasteiger partial charge in [-0.25, -0.2) is 4.98 Å². The minimum Gasteiger partial charge on any atom is -0.370 e. The van der Waals surface area contributed by atoms with Gasteiger partial charge in [0, 0.05) is 29.0 Å². The molecule has 0 radical (unpaired) electrons. The molecule has 0 aliphatic carbocycles. The zero-order chi connectivity index (χ0) is 13.7. The predicted molar refractivity (Wildman–Crippen MR) is 85.2 cm³/mol. The Hall–Kier alpha value is -1.55. The van der Waals surface area contributed by atoms with Crippen molar-refractivity contribution in [1.82, 2.24) is 4.98 Å². The quantitative estimate of drug-likeness (QED) is 0.837. The molecule has 0 aliphatic heterocycles. The van der Waals surface area contributed by atoms with Gasteiger partial charge in [-0.3, -0.25) is 0 Å². The molecule has 1 heterocycles. The minimum absolute atomic E-state index is 0.899. The summed E-state index contributed by atoms with van der Waals surface area (Å²) in [5.41, 5.74) is 3.32. The van der Waals surface area contributed by atoms with Gasteiger partial charge in [0.15, 0.2) is 0 Å². The topological polar surface area (TPSA) is 37.0 Å². The van der Waals surface area contributed by atoms with Crippen molar-refractivity contribution in [2.75, 3.05) is 17.2 Å². The summed E-state index contributed by atoms with van der Waals surface area (Å²) in [4.78, 5) is 4.30. The summed E-state index contributed by atoms with van der Waals surface area (Å²) < 4.78 is 1.05. The Morgan fingerprint density at radius 3 is 2.84 bits per heavy atom. The molecule has 19 heavy (non-hydrogen) atoms. The van der Waals surface area contributed by atoms with Crippen LogP contribution >= 0.6 is 15.9 Å². The van der Waals surface area contributed by atoms with Crippen LogP contribution in [0.15, 0.2) is 41.0 Å². The third-order valence-corrected chi connectivity index (χ3v) is 3.41. The van der Waals surface area contributed by atoms with Gasteiger partial charge in [-0.15, -0.1) is 0 Å². The Labute approximate surface area is 122 Å². The van der Waals surface area contributed by atoms with Gasteiger partial charge in [0.05, 0.1) is 5.69 Å². The smallest absolute Gasteiger partial charge is 0.127 e. The molecule has 1 aromatic carbocycles. The normalized spacial score (nSPS) is 10.3. The monoisotopic (exact) mass is 319 g/mol. The largest absolute Gasteiger partial charge is 0.370 e. The molecule has 0 amide bonds. The summed E-state index contributed by atoms with van der Waals surface area (Å²) in [6.07, 6.45) is 2.90. The second-order valence-corrected chi connectivity index (χ2v) is 5.32. The first-order chi connectivity index (χ1) is 9.19. The molecule has 2 N–H and O–H groups in total. The lowest BCUT2D eigenvalue weighted by atomic mass is 10.2. The van der Waals surface area contributed by atoms with E-state index in [9.17, 15) is 0 Å². The van der Waals surface area contributed by atoms with Crippen molar-refractivity contribution in [2.24, 2.45) is 0 Å². The molecular weight excluding hydrogens is 302 g/mol. The van der Waals surface area contributed by atoms with E-state index in [2.05, 4.69) is 63.6 Å². The lowest BCUT2D eigenvalue weighted by molar-refractivity contribution is 0.969. The highest BCUT2D eigenvalue weighted by molar-refractivity contribution is 9.10. The van der Waals surface area contributed by atoms with Crippen LogP contribution in [0.1, 0.15) is 18.9 Å². The molecular formula is C15H18BrN3. The Bertz CT molecular complexity index is 555. The molecule has 0 bridgehead atoms. The van der Waals surface area contributed by atoms with Crippen molar-refractivity contribution in [3.8, 4) is 0 Å². The fraction of sp³-hybridized carbons (Fsp3) is 0.267. The molecule has 4 heteroatoms. The summed E-state index contributed by atoms with van der Waals surface area (Å²) in [5.74, 6) is 0.899. The number of nitrogens with zero attached hydrogens (tertiary/aromatic N) is 1. The van der Waals surface area contributed by atoms with Crippen molar-refractivity contribution >= 4 is 33.1 Å². The van der Waals surface area contributed by atoms with Gasteiger partial charge in [0.25, 0.3) is 0 Å². The Morgan fingerprint density at radius 1 is 1.21 bits per heavy atom. The number of aromatic nitrogens is 1. The maximum Gasteiger partial charge on any atom is 0.127 e. The van der Waals surface area contributed by atoms with Gasteiger partial charge < -0.3 is 10.6 Å². The van der Waals surface area contributed by atoms with E-state index in [1.54, 1.807) is 0 Å². The predicted octanol–water partition coefficient (Wildman–Crippen LogP) is 4.72. The van der Waals surface area contributed by atoms with E-state index in [0.29, 0.717) is 0 Å². The molecule has 0 unspecified atom stereocenters. The number of hydrogen-bond donors (Lipinski definition) is 2. The van der Waals surface area contributed by atoms with Crippen LogP contribution in [0.2, 0.25) is 0 Å². The van der Waals surface area contributed by atoms with Gasteiger partial charge in [0.1, 0.15) is 5.82 Å². The van der Waals surface area contributed by atoms with E-state index in [0.717, 1.165) is 34.6 Å². The fourth-order valence-corrected chi connectivity index (χ4v) is 2.09. The Balaban J connectivity index is 2.16. The second kappa shape index (κ2) is 6.57. The van der Waals surface area contributed by atoms with Crippen LogP contribution in [0, 0.1) is 6.92 Å². The van der Waals surface area contributed by atoms with Gasteiger partial charge >= 0.3 is 0 Å². The fourth-order valence-electron chi connectivity index (χ4n) is 1.75. The van der Waals surface area contributed by atoms with E-state index in [1.807, 2.05) is 18.3 Å². The average Bonchev–Trinajstić information content (AvgIpc) is 2.41. The zero-order valence-electron chi connectivity index (χ0n) is 11.2. The number of halogens is 1. The number of rotatable bonds is 5. The van der Waals surface area contributed by atoms with Crippen molar-refractivity contribution < 1.29 is 0 Å². The lowest BCUT2D eigenvalue weighted by Crippen LogP contribution is -2.02. The molecule has 0 fully saturated rings. The third kappa shape index (κ3) is 3.96. The van der Waals surface area contributed by atoms with Crippen molar-refractivity contribution in [3.63, 3.8) is 0 Å². The SMILES string of the molecule is CCCNc1cc(Nc2cc(C)ccc2Br)ccn1. The number of anilines is 3. The van der Waals surface area contributed by atoms with Crippen molar-refractivity contribution in [2.45, 2.75) is 20.3 Å². The van der Waals surface area contributed by atoms with Crippen LogP contribution in [0.25, 0.3) is 0 Å². The van der Waals surface area contributed by atoms with Crippen LogP contribution in [0.4, 0.5) is 17.2 Å². The first-order valence-electron chi connectivity index (χ1n) is 6.42. The highest BCUT2D eigenvalue weighted by Crippen LogP contribution is 2.27. The van der Waals surface area contributed by atoms with Crippen molar-refractivity contribution in [3.05, 3.63) is 46.6 Å². The molecule has 0 saturated heterocycles. The number of hydrogen-bond acceptors (Lipinski definition) is 3. The summed E-state index contributed by atoms with van der Waals surface area (Å²) >= 11 is 3.55. The summed E-state index contributed by atoms with van der Waals surface area (Å²) in [6.45, 7) is 5.15. The Morgan fingerprint density at radius 2 is 2.05 bits per heavy atom. The van der Waals surface area contributed by atoms with E-state index in [4.69, 9.17) is 0 Å². The molecule has 0 aliphatic rings. The van der Waals surface area contributed by atoms with E-state index >= 15 is 0 Å². The number of benzene rings is 1. The van der Waals surface area contributed by atoms with Crippen LogP contribution in [-0.2, 0) is 0 Å². The van der Waals surface area contributed by atoms with Crippen LogP contribution in [-0.4, -0.2) is 11.5 Å². The lowest BCUT2D eigenvalue weighted by Gasteiger charge is -2.11. The highest BCUT2D eigenvalue weighted by atomic mass is 79.9. The molecule has 3 nitrogen and oxygen atoms in total. The van der Waals surface area contributed by atoms with Gasteiger partial charge in [-0.05, 0) is 53.0 Å². The van der Waals surface area contributed by atoms with Gasteiger partial charge in [0.2, 0.25) is 0 Å². The Kier molecular flexibility index (Phi) is 4.80. The standard InChI is InChI=1S/C15H18BrN3/c1-3-7-17-15-10-12(6-8-18-15)19-14-9-11(2)4-5-13(14)16/h4-6,8-10H,3,7H2,1-2H3,(H2,17,18,19). The first kappa shape index (κ1) is 13.9. The van der Waals surface area contributed by atoms with E-state index in [1.165, 1.54) is 5.56 Å². The number of pyridine rings is 1. The summed E-state index contributed by atoms with van der Waals surface area (Å²) in [5, 5.41) is 6.69. The minimum atomic E-state index is 0.899. The van der Waals surface area contributed by atoms with Gasteiger partial charge in [-0.2, -0.15) is 0 Å². The average molecular weight is 320 g/mol. The maximum absolute atomic E-state index is 4.30. The van der Waals surface area contributed by atoms with Crippen LogP contribution < -0.4 is 10.6 Å². The molecule has 2 aromatic rings. The molecule has 100 valence electrons. The molecule has 0 spiro atoms. The third-order valence-electron chi connectivity index (χ3n) is 2.72. The van der Waals surface area contributed by atoms with Gasteiger partial charge in [-0.1, -0.05) is 13.0 Å². The molecule has 1 aromatic heterocycles. The number of nitrogens with one attached hydrogen (secondary N) is 2. The molecule has 0 saturated carbocycles.